The van der Waals surface area contributed by atoms with Crippen LogP contribution in [0.4, 0.5) is 4.39 Å². The summed E-state index contributed by atoms with van der Waals surface area (Å²) in [5.41, 5.74) is 0.953. The summed E-state index contributed by atoms with van der Waals surface area (Å²) in [6.45, 7) is 2.60. The summed E-state index contributed by atoms with van der Waals surface area (Å²) in [5, 5.41) is 9.31. The Bertz CT molecular complexity index is 528. The number of morpholine rings is 1. The van der Waals surface area contributed by atoms with Crippen LogP contribution in [-0.4, -0.2) is 42.3 Å². The number of carboxylic acid groups (broad SMARTS) is 1. The Balaban J connectivity index is 2.04. The fraction of sp³-hybridized carbons (Fsp3) is 0.533. The van der Waals surface area contributed by atoms with Crippen molar-refractivity contribution in [3.05, 3.63) is 35.1 Å². The average Bonchev–Trinajstić information content (AvgIpc) is 2.81. The molecular weight excluding hydrogens is 261 g/mol. The summed E-state index contributed by atoms with van der Waals surface area (Å²) in [7, 11) is 0. The zero-order valence-electron chi connectivity index (χ0n) is 11.3. The Kier molecular flexibility index (Phi) is 3.48. The molecule has 108 valence electrons. The van der Waals surface area contributed by atoms with Crippen molar-refractivity contribution in [2.45, 2.75) is 24.8 Å². The molecule has 2 aliphatic rings. The number of fused-ring (bicyclic) bond motifs is 1. The van der Waals surface area contributed by atoms with Crippen LogP contribution in [0.25, 0.3) is 0 Å². The molecule has 4 nitrogen and oxygen atoms in total. The fourth-order valence-corrected chi connectivity index (χ4v) is 3.58. The Hall–Kier alpha value is -1.46. The first-order valence-electron chi connectivity index (χ1n) is 6.96. The molecule has 0 radical (unpaired) electrons. The van der Waals surface area contributed by atoms with Gasteiger partial charge in [-0.15, -0.1) is 0 Å². The molecule has 0 bridgehead atoms. The maximum absolute atomic E-state index is 13.9. The van der Waals surface area contributed by atoms with Crippen molar-refractivity contribution < 1.29 is 19.0 Å². The number of carboxylic acids is 1. The third-order valence-corrected chi connectivity index (χ3v) is 4.47. The molecule has 20 heavy (non-hydrogen) atoms. The predicted molar refractivity (Wildman–Crippen MR) is 71.0 cm³/mol. The van der Waals surface area contributed by atoms with Gasteiger partial charge in [0.1, 0.15) is 5.82 Å². The van der Waals surface area contributed by atoms with E-state index in [1.54, 1.807) is 6.07 Å². The van der Waals surface area contributed by atoms with Gasteiger partial charge < -0.3 is 9.84 Å². The van der Waals surface area contributed by atoms with Crippen LogP contribution in [0, 0.1) is 5.82 Å². The zero-order chi connectivity index (χ0) is 14.2. The molecule has 3 rings (SSSR count). The van der Waals surface area contributed by atoms with E-state index in [-0.39, 0.29) is 12.2 Å². The molecule has 5 heteroatoms. The first-order valence-corrected chi connectivity index (χ1v) is 6.96. The molecule has 0 spiro atoms. The van der Waals surface area contributed by atoms with Crippen molar-refractivity contribution >= 4 is 5.97 Å². The maximum atomic E-state index is 13.9. The summed E-state index contributed by atoms with van der Waals surface area (Å²) in [5.74, 6) is -1.06. The van der Waals surface area contributed by atoms with E-state index < -0.39 is 11.5 Å². The average molecular weight is 279 g/mol. The largest absolute Gasteiger partial charge is 0.481 e. The molecule has 1 saturated heterocycles. The molecule has 1 aromatic carbocycles. The molecule has 1 fully saturated rings. The van der Waals surface area contributed by atoms with Crippen LogP contribution in [0.15, 0.2) is 18.2 Å². The van der Waals surface area contributed by atoms with Crippen molar-refractivity contribution in [2.24, 2.45) is 0 Å². The van der Waals surface area contributed by atoms with E-state index in [0.717, 1.165) is 5.56 Å². The van der Waals surface area contributed by atoms with Crippen LogP contribution in [0.5, 0.6) is 0 Å². The number of hydrogen-bond acceptors (Lipinski definition) is 3. The number of aliphatic carboxylic acids is 1. The molecule has 0 saturated carbocycles. The minimum absolute atomic E-state index is 0.0173. The highest BCUT2D eigenvalue weighted by molar-refractivity contribution is 5.69. The monoisotopic (exact) mass is 279 g/mol. The maximum Gasteiger partial charge on any atom is 0.305 e. The number of hydrogen-bond donors (Lipinski definition) is 1. The summed E-state index contributed by atoms with van der Waals surface area (Å²) < 4.78 is 19.3. The molecule has 0 amide bonds. The van der Waals surface area contributed by atoms with Gasteiger partial charge in [0.2, 0.25) is 0 Å². The Morgan fingerprint density at radius 2 is 2.15 bits per heavy atom. The smallest absolute Gasteiger partial charge is 0.305 e. The lowest BCUT2D eigenvalue weighted by molar-refractivity contribution is -0.142. The number of benzene rings is 1. The van der Waals surface area contributed by atoms with E-state index in [4.69, 9.17) is 4.74 Å². The second-order valence-corrected chi connectivity index (χ2v) is 5.47. The molecular formula is C15H18FNO3. The van der Waals surface area contributed by atoms with Gasteiger partial charge in [-0.1, -0.05) is 12.1 Å². The van der Waals surface area contributed by atoms with E-state index in [1.165, 1.54) is 6.07 Å². The lowest BCUT2D eigenvalue weighted by Crippen LogP contribution is -2.51. The SMILES string of the molecule is O=C(O)CC1(N2CCOCC2)CCc2c(F)cccc21. The zero-order valence-corrected chi connectivity index (χ0v) is 11.3. The minimum atomic E-state index is -0.839. The third kappa shape index (κ3) is 2.11. The number of halogens is 1. The predicted octanol–water partition coefficient (Wildman–Crippen LogP) is 1.77. The van der Waals surface area contributed by atoms with Crippen LogP contribution < -0.4 is 0 Å². The van der Waals surface area contributed by atoms with Crippen LogP contribution in [0.1, 0.15) is 24.0 Å². The topological polar surface area (TPSA) is 49.8 Å². The van der Waals surface area contributed by atoms with Crippen LogP contribution in [0.2, 0.25) is 0 Å². The van der Waals surface area contributed by atoms with Gasteiger partial charge in [0.15, 0.2) is 0 Å². The first-order chi connectivity index (χ1) is 9.63. The summed E-state index contributed by atoms with van der Waals surface area (Å²) >= 11 is 0. The fourth-order valence-electron chi connectivity index (χ4n) is 3.58. The Morgan fingerprint density at radius 1 is 1.40 bits per heavy atom. The van der Waals surface area contributed by atoms with E-state index >= 15 is 0 Å². The molecule has 1 heterocycles. The van der Waals surface area contributed by atoms with Gasteiger partial charge in [-0.05, 0) is 30.0 Å². The second kappa shape index (κ2) is 5.14. The number of rotatable bonds is 3. The molecule has 1 aliphatic heterocycles. The van der Waals surface area contributed by atoms with E-state index in [2.05, 4.69) is 4.90 Å². The van der Waals surface area contributed by atoms with Crippen molar-refractivity contribution in [2.75, 3.05) is 26.3 Å². The van der Waals surface area contributed by atoms with Crippen molar-refractivity contribution in [1.82, 2.24) is 4.90 Å². The number of nitrogens with zero attached hydrogens (tertiary/aromatic N) is 1. The van der Waals surface area contributed by atoms with E-state index in [9.17, 15) is 14.3 Å². The van der Waals surface area contributed by atoms with Gasteiger partial charge in [0, 0.05) is 13.1 Å². The summed E-state index contributed by atoms with van der Waals surface area (Å²) in [6.07, 6.45) is 1.28. The molecule has 1 aliphatic carbocycles. The highest BCUT2D eigenvalue weighted by atomic mass is 19.1. The third-order valence-electron chi connectivity index (χ3n) is 4.47. The number of ether oxygens (including phenoxy) is 1. The lowest BCUT2D eigenvalue weighted by Gasteiger charge is -2.43. The van der Waals surface area contributed by atoms with E-state index in [1.807, 2.05) is 6.07 Å². The van der Waals surface area contributed by atoms with Crippen molar-refractivity contribution in [1.29, 1.82) is 0 Å². The Morgan fingerprint density at radius 3 is 2.85 bits per heavy atom. The molecule has 1 unspecified atom stereocenters. The quantitative estimate of drug-likeness (QED) is 0.916. The standard InChI is InChI=1S/C15H18FNO3/c16-13-3-1-2-12-11(13)4-5-15(12,10-14(18)19)17-6-8-20-9-7-17/h1-3H,4-10H2,(H,18,19). The number of carbonyl (C=O) groups is 1. The van der Waals surface area contributed by atoms with E-state index in [0.29, 0.717) is 44.7 Å². The van der Waals surface area contributed by atoms with Gasteiger partial charge in [0.05, 0.1) is 25.2 Å². The van der Waals surface area contributed by atoms with Gasteiger partial charge >= 0.3 is 5.97 Å². The van der Waals surface area contributed by atoms with Gasteiger partial charge in [-0.3, -0.25) is 9.69 Å². The molecule has 1 N–H and O–H groups in total. The molecule has 1 atom stereocenters. The van der Waals surface area contributed by atoms with Gasteiger partial charge in [-0.2, -0.15) is 0 Å². The van der Waals surface area contributed by atoms with Crippen LogP contribution in [-0.2, 0) is 21.5 Å². The van der Waals surface area contributed by atoms with Crippen LogP contribution in [0.3, 0.4) is 0 Å². The van der Waals surface area contributed by atoms with Crippen molar-refractivity contribution in [3.63, 3.8) is 0 Å². The summed E-state index contributed by atoms with van der Waals surface area (Å²) in [4.78, 5) is 13.5. The Labute approximate surface area is 117 Å². The minimum Gasteiger partial charge on any atom is -0.481 e. The van der Waals surface area contributed by atoms with Crippen LogP contribution >= 0.6 is 0 Å². The molecule has 0 aromatic heterocycles. The van der Waals surface area contributed by atoms with Crippen molar-refractivity contribution in [3.8, 4) is 0 Å². The lowest BCUT2D eigenvalue weighted by atomic mass is 9.85. The van der Waals surface area contributed by atoms with Gasteiger partial charge in [0.25, 0.3) is 0 Å². The highest BCUT2D eigenvalue weighted by Crippen LogP contribution is 2.45. The highest BCUT2D eigenvalue weighted by Gasteiger charge is 2.46. The first kappa shape index (κ1) is 13.5. The summed E-state index contributed by atoms with van der Waals surface area (Å²) in [6, 6.07) is 5.01. The van der Waals surface area contributed by atoms with Gasteiger partial charge in [-0.25, -0.2) is 4.39 Å². The second-order valence-electron chi connectivity index (χ2n) is 5.47. The normalized spacial score (nSPS) is 26.4. The molecule has 1 aromatic rings.